The van der Waals surface area contributed by atoms with Crippen LogP contribution >= 0.6 is 11.6 Å². The average Bonchev–Trinajstić information content (AvgIpc) is 2.45. The van der Waals surface area contributed by atoms with E-state index in [-0.39, 0.29) is 0 Å². The van der Waals surface area contributed by atoms with Gasteiger partial charge in [-0.1, -0.05) is 17.7 Å². The van der Waals surface area contributed by atoms with Crippen LogP contribution in [-0.4, -0.2) is 24.2 Å². The first kappa shape index (κ1) is 13.4. The molecule has 0 bridgehead atoms. The number of aromatic nitrogens is 2. The Balaban J connectivity index is 2.07. The van der Waals surface area contributed by atoms with Crippen molar-refractivity contribution in [3.8, 4) is 11.5 Å². The van der Waals surface area contributed by atoms with Crippen molar-refractivity contribution in [3.05, 3.63) is 41.3 Å². The Morgan fingerprint density at radius 2 is 1.89 bits per heavy atom. The van der Waals surface area contributed by atoms with E-state index in [1.165, 1.54) is 6.33 Å². The van der Waals surface area contributed by atoms with Crippen LogP contribution in [0.15, 0.2) is 30.6 Å². The standard InChI is InChI=1S/C13H14ClN3O2/c1-18-10-4-3-9(5-11(10)19-2)7-15-13-6-12(14)16-8-17-13/h3-6,8H,7H2,1-2H3,(H,15,16,17). The Morgan fingerprint density at radius 1 is 1.11 bits per heavy atom. The number of benzene rings is 1. The number of rotatable bonds is 5. The van der Waals surface area contributed by atoms with E-state index in [1.807, 2.05) is 18.2 Å². The molecule has 0 radical (unpaired) electrons. The van der Waals surface area contributed by atoms with Gasteiger partial charge in [-0.25, -0.2) is 9.97 Å². The maximum atomic E-state index is 5.79. The predicted molar refractivity (Wildman–Crippen MR) is 73.9 cm³/mol. The number of nitrogens with zero attached hydrogens (tertiary/aromatic N) is 2. The van der Waals surface area contributed by atoms with Crippen LogP contribution in [-0.2, 0) is 6.54 Å². The number of hydrogen-bond acceptors (Lipinski definition) is 5. The summed E-state index contributed by atoms with van der Waals surface area (Å²) in [7, 11) is 3.22. The molecule has 1 aromatic carbocycles. The lowest BCUT2D eigenvalue weighted by Gasteiger charge is -2.10. The summed E-state index contributed by atoms with van der Waals surface area (Å²) in [5.74, 6) is 2.08. The van der Waals surface area contributed by atoms with Crippen molar-refractivity contribution in [2.24, 2.45) is 0 Å². The molecule has 0 amide bonds. The Morgan fingerprint density at radius 3 is 2.58 bits per heavy atom. The van der Waals surface area contributed by atoms with Crippen LogP contribution in [0.3, 0.4) is 0 Å². The highest BCUT2D eigenvalue weighted by molar-refractivity contribution is 6.29. The fourth-order valence-electron chi connectivity index (χ4n) is 1.61. The maximum Gasteiger partial charge on any atom is 0.161 e. The Hall–Kier alpha value is -2.01. The number of ether oxygens (including phenoxy) is 2. The molecule has 1 N–H and O–H groups in total. The molecule has 0 fully saturated rings. The second-order valence-electron chi connectivity index (χ2n) is 3.77. The third kappa shape index (κ3) is 3.48. The Labute approximate surface area is 116 Å². The third-order valence-electron chi connectivity index (χ3n) is 2.56. The van der Waals surface area contributed by atoms with Crippen LogP contribution in [0.5, 0.6) is 11.5 Å². The lowest BCUT2D eigenvalue weighted by molar-refractivity contribution is 0.354. The monoisotopic (exact) mass is 279 g/mol. The van der Waals surface area contributed by atoms with Gasteiger partial charge in [0.2, 0.25) is 0 Å². The first-order valence-electron chi connectivity index (χ1n) is 5.65. The van der Waals surface area contributed by atoms with E-state index in [0.29, 0.717) is 29.0 Å². The molecule has 100 valence electrons. The highest BCUT2D eigenvalue weighted by Gasteiger charge is 2.04. The second kappa shape index (κ2) is 6.24. The lowest BCUT2D eigenvalue weighted by Crippen LogP contribution is -2.02. The third-order valence-corrected chi connectivity index (χ3v) is 2.76. The van der Waals surface area contributed by atoms with E-state index in [9.17, 15) is 0 Å². The number of anilines is 1. The van der Waals surface area contributed by atoms with Gasteiger partial charge in [-0.3, -0.25) is 0 Å². The SMILES string of the molecule is COc1ccc(CNc2cc(Cl)ncn2)cc1OC. The van der Waals surface area contributed by atoms with E-state index in [1.54, 1.807) is 20.3 Å². The van der Waals surface area contributed by atoms with Crippen LogP contribution < -0.4 is 14.8 Å². The van der Waals surface area contributed by atoms with E-state index in [4.69, 9.17) is 21.1 Å². The van der Waals surface area contributed by atoms with Gasteiger partial charge in [0.1, 0.15) is 17.3 Å². The molecule has 5 nitrogen and oxygen atoms in total. The van der Waals surface area contributed by atoms with Crippen molar-refractivity contribution in [2.45, 2.75) is 6.54 Å². The van der Waals surface area contributed by atoms with Crippen molar-refractivity contribution in [3.63, 3.8) is 0 Å². The Bertz CT molecular complexity index is 563. The summed E-state index contributed by atoms with van der Waals surface area (Å²) in [5.41, 5.74) is 1.05. The van der Waals surface area contributed by atoms with Gasteiger partial charge in [0.05, 0.1) is 14.2 Å². The van der Waals surface area contributed by atoms with Gasteiger partial charge >= 0.3 is 0 Å². The summed E-state index contributed by atoms with van der Waals surface area (Å²) >= 11 is 5.79. The second-order valence-corrected chi connectivity index (χ2v) is 4.16. The minimum absolute atomic E-state index is 0.407. The van der Waals surface area contributed by atoms with E-state index < -0.39 is 0 Å². The zero-order valence-electron chi connectivity index (χ0n) is 10.7. The van der Waals surface area contributed by atoms with Gasteiger partial charge in [0.25, 0.3) is 0 Å². The molecular weight excluding hydrogens is 266 g/mol. The zero-order valence-corrected chi connectivity index (χ0v) is 11.4. The molecule has 0 atom stereocenters. The van der Waals surface area contributed by atoms with Crippen LogP contribution in [0.2, 0.25) is 5.15 Å². The van der Waals surface area contributed by atoms with Gasteiger partial charge < -0.3 is 14.8 Å². The molecule has 1 aromatic heterocycles. The van der Waals surface area contributed by atoms with Crippen LogP contribution in [0.1, 0.15) is 5.56 Å². The lowest BCUT2D eigenvalue weighted by atomic mass is 10.2. The molecule has 0 unspecified atom stereocenters. The molecule has 6 heteroatoms. The van der Waals surface area contributed by atoms with Gasteiger partial charge in [0.15, 0.2) is 11.5 Å². The summed E-state index contributed by atoms with van der Waals surface area (Å²) in [6.45, 7) is 0.605. The molecule has 0 aliphatic rings. The minimum atomic E-state index is 0.407. The van der Waals surface area contributed by atoms with Gasteiger partial charge in [-0.15, -0.1) is 0 Å². The van der Waals surface area contributed by atoms with Crippen molar-refractivity contribution < 1.29 is 9.47 Å². The summed E-state index contributed by atoms with van der Waals surface area (Å²) in [5, 5.41) is 3.57. The largest absolute Gasteiger partial charge is 0.493 e. The average molecular weight is 280 g/mol. The first-order chi connectivity index (χ1) is 9.22. The molecule has 0 aliphatic carbocycles. The van der Waals surface area contributed by atoms with Crippen LogP contribution in [0.25, 0.3) is 0 Å². The van der Waals surface area contributed by atoms with Gasteiger partial charge in [-0.05, 0) is 17.7 Å². The van der Waals surface area contributed by atoms with Crippen molar-refractivity contribution >= 4 is 17.4 Å². The van der Waals surface area contributed by atoms with E-state index in [0.717, 1.165) is 5.56 Å². The molecule has 2 rings (SSSR count). The molecule has 0 saturated carbocycles. The zero-order chi connectivity index (χ0) is 13.7. The van der Waals surface area contributed by atoms with Crippen LogP contribution in [0.4, 0.5) is 5.82 Å². The molecular formula is C13H14ClN3O2. The van der Waals surface area contributed by atoms with Gasteiger partial charge in [0, 0.05) is 12.6 Å². The molecule has 1 heterocycles. The maximum absolute atomic E-state index is 5.79. The molecule has 2 aromatic rings. The smallest absolute Gasteiger partial charge is 0.161 e. The molecule has 0 saturated heterocycles. The number of hydrogen-bond donors (Lipinski definition) is 1. The quantitative estimate of drug-likeness (QED) is 0.853. The Kier molecular flexibility index (Phi) is 4.41. The fourth-order valence-corrected chi connectivity index (χ4v) is 1.76. The molecule has 0 spiro atoms. The van der Waals surface area contributed by atoms with Crippen molar-refractivity contribution in [1.29, 1.82) is 0 Å². The molecule has 19 heavy (non-hydrogen) atoms. The fraction of sp³-hybridized carbons (Fsp3) is 0.231. The van der Waals surface area contributed by atoms with Crippen LogP contribution in [0, 0.1) is 0 Å². The normalized spacial score (nSPS) is 10.1. The number of halogens is 1. The van der Waals surface area contributed by atoms with Gasteiger partial charge in [-0.2, -0.15) is 0 Å². The first-order valence-corrected chi connectivity index (χ1v) is 6.03. The van der Waals surface area contributed by atoms with E-state index in [2.05, 4.69) is 15.3 Å². The number of methoxy groups -OCH3 is 2. The predicted octanol–water partition coefficient (Wildman–Crippen LogP) is 2.76. The summed E-state index contributed by atoms with van der Waals surface area (Å²) < 4.78 is 10.4. The summed E-state index contributed by atoms with van der Waals surface area (Å²) in [6.07, 6.45) is 1.42. The number of nitrogens with one attached hydrogen (secondary N) is 1. The van der Waals surface area contributed by atoms with Crippen molar-refractivity contribution in [2.75, 3.05) is 19.5 Å². The topological polar surface area (TPSA) is 56.3 Å². The summed E-state index contributed by atoms with van der Waals surface area (Å²) in [6, 6.07) is 7.40. The van der Waals surface area contributed by atoms with E-state index >= 15 is 0 Å². The van der Waals surface area contributed by atoms with Crippen molar-refractivity contribution in [1.82, 2.24) is 9.97 Å². The molecule has 0 aliphatic heterocycles. The highest BCUT2D eigenvalue weighted by atomic mass is 35.5. The summed E-state index contributed by atoms with van der Waals surface area (Å²) in [4.78, 5) is 7.89. The minimum Gasteiger partial charge on any atom is -0.493 e. The highest BCUT2D eigenvalue weighted by Crippen LogP contribution is 2.27.